The van der Waals surface area contributed by atoms with Gasteiger partial charge in [0.1, 0.15) is 13.2 Å². The Hall–Kier alpha value is -4.71. The van der Waals surface area contributed by atoms with Gasteiger partial charge in [0.05, 0.1) is 0 Å². The van der Waals surface area contributed by atoms with Crippen LogP contribution in [0.4, 0.5) is 0 Å². The van der Waals surface area contributed by atoms with Crippen LogP contribution in [0.3, 0.4) is 0 Å². The lowest BCUT2D eigenvalue weighted by Gasteiger charge is -2.18. The highest BCUT2D eigenvalue weighted by molar-refractivity contribution is 5.71. The third-order valence-electron chi connectivity index (χ3n) is 9.84. The van der Waals surface area contributed by atoms with E-state index in [9.17, 15) is 14.4 Å². The molecule has 1 unspecified atom stereocenters. The first-order chi connectivity index (χ1) is 31.5. The smallest absolute Gasteiger partial charge is 0.306 e. The van der Waals surface area contributed by atoms with Gasteiger partial charge in [-0.1, -0.05) is 231 Å². The molecule has 0 bridgehead atoms. The van der Waals surface area contributed by atoms with Crippen LogP contribution in [0.15, 0.2) is 146 Å². The minimum absolute atomic E-state index is 0.125. The Bertz CT molecular complexity index is 1480. The first-order valence-corrected chi connectivity index (χ1v) is 25.0. The topological polar surface area (TPSA) is 78.9 Å². The van der Waals surface area contributed by atoms with E-state index in [4.69, 9.17) is 14.2 Å². The molecule has 64 heavy (non-hydrogen) atoms. The van der Waals surface area contributed by atoms with Crippen molar-refractivity contribution in [3.63, 3.8) is 0 Å². The maximum absolute atomic E-state index is 12.8. The number of rotatable bonds is 42. The van der Waals surface area contributed by atoms with Crippen LogP contribution in [-0.2, 0) is 28.6 Å². The second-order valence-corrected chi connectivity index (χ2v) is 15.9. The van der Waals surface area contributed by atoms with Crippen LogP contribution in [-0.4, -0.2) is 37.2 Å². The van der Waals surface area contributed by atoms with E-state index in [0.29, 0.717) is 12.8 Å². The third kappa shape index (κ3) is 48.3. The Morgan fingerprint density at radius 1 is 0.328 bits per heavy atom. The standard InChI is InChI=1S/C58H88O6/c1-4-7-10-13-16-19-22-25-27-28-29-31-33-36-39-42-45-48-51-57(60)63-54-55(53-62-56(59)50-47-44-41-38-35-32-24-21-18-15-12-9-6-3)64-58(61)52-49-46-43-40-37-34-30-26-23-20-17-14-11-8-5-2/h8-9,11-12,14-25,27-29,31-32,35,38,41,55H,4-7,10,13,26,30,33-34,36-37,39-40,42-54H2,1-3H3/b11-8-,12-9-,17-14-,18-15-,19-16-,23-20-,24-21-,25-22-,28-27-,31-29-,35-32-,41-38-. The van der Waals surface area contributed by atoms with E-state index in [2.05, 4.69) is 112 Å². The molecule has 0 aromatic heterocycles. The maximum Gasteiger partial charge on any atom is 0.306 e. The van der Waals surface area contributed by atoms with Crippen molar-refractivity contribution in [2.24, 2.45) is 0 Å². The van der Waals surface area contributed by atoms with Gasteiger partial charge in [-0.25, -0.2) is 0 Å². The van der Waals surface area contributed by atoms with Crippen molar-refractivity contribution < 1.29 is 28.6 Å². The molecule has 6 heteroatoms. The fourth-order valence-corrected chi connectivity index (χ4v) is 6.13. The van der Waals surface area contributed by atoms with Gasteiger partial charge in [-0.05, 0) is 77.0 Å². The lowest BCUT2D eigenvalue weighted by atomic mass is 10.1. The van der Waals surface area contributed by atoms with Crippen molar-refractivity contribution in [3.8, 4) is 0 Å². The number of hydrogen-bond acceptors (Lipinski definition) is 6. The lowest BCUT2D eigenvalue weighted by molar-refractivity contribution is -0.167. The zero-order valence-corrected chi connectivity index (χ0v) is 40.5. The van der Waals surface area contributed by atoms with Crippen molar-refractivity contribution >= 4 is 17.9 Å². The number of ether oxygens (including phenoxy) is 3. The lowest BCUT2D eigenvalue weighted by Crippen LogP contribution is -2.30. The summed E-state index contributed by atoms with van der Waals surface area (Å²) in [4.78, 5) is 37.9. The van der Waals surface area contributed by atoms with Gasteiger partial charge in [0.2, 0.25) is 0 Å². The van der Waals surface area contributed by atoms with Crippen LogP contribution in [0.1, 0.15) is 181 Å². The van der Waals surface area contributed by atoms with Crippen molar-refractivity contribution in [3.05, 3.63) is 146 Å². The largest absolute Gasteiger partial charge is 0.462 e. The molecule has 0 aromatic carbocycles. The molecule has 0 aliphatic carbocycles. The second-order valence-electron chi connectivity index (χ2n) is 15.9. The van der Waals surface area contributed by atoms with Crippen molar-refractivity contribution in [1.29, 1.82) is 0 Å². The summed E-state index contributed by atoms with van der Waals surface area (Å²) >= 11 is 0. The number of hydrogen-bond donors (Lipinski definition) is 0. The molecule has 0 amide bonds. The second kappa shape index (κ2) is 50.9. The monoisotopic (exact) mass is 881 g/mol. The first kappa shape index (κ1) is 59.3. The van der Waals surface area contributed by atoms with E-state index >= 15 is 0 Å². The van der Waals surface area contributed by atoms with Gasteiger partial charge in [-0.15, -0.1) is 0 Å². The molecule has 0 radical (unpaired) electrons. The van der Waals surface area contributed by atoms with Gasteiger partial charge in [-0.2, -0.15) is 0 Å². The fourth-order valence-electron chi connectivity index (χ4n) is 6.13. The third-order valence-corrected chi connectivity index (χ3v) is 9.84. The summed E-state index contributed by atoms with van der Waals surface area (Å²) < 4.78 is 16.7. The molecular formula is C58H88O6. The summed E-state index contributed by atoms with van der Waals surface area (Å²) in [6.45, 7) is 6.20. The molecule has 0 rings (SSSR count). The summed E-state index contributed by atoms with van der Waals surface area (Å²) in [6.07, 6.45) is 72.6. The quantitative estimate of drug-likeness (QED) is 0.0263. The normalized spacial score (nSPS) is 13.4. The summed E-state index contributed by atoms with van der Waals surface area (Å²) in [6, 6.07) is 0. The fraction of sp³-hybridized carbons (Fsp3) is 0.534. The summed E-state index contributed by atoms with van der Waals surface area (Å²) in [5.74, 6) is -1.05. The van der Waals surface area contributed by atoms with Crippen LogP contribution in [0.25, 0.3) is 0 Å². The number of esters is 3. The first-order valence-electron chi connectivity index (χ1n) is 25.0. The van der Waals surface area contributed by atoms with E-state index in [1.807, 2.05) is 54.7 Å². The molecule has 0 aliphatic rings. The Balaban J connectivity index is 4.58. The van der Waals surface area contributed by atoms with E-state index < -0.39 is 6.10 Å². The molecule has 0 heterocycles. The van der Waals surface area contributed by atoms with Gasteiger partial charge < -0.3 is 14.2 Å². The molecule has 0 saturated heterocycles. The van der Waals surface area contributed by atoms with Crippen molar-refractivity contribution in [2.45, 2.75) is 187 Å². The Labute approximate surface area is 391 Å². The molecule has 0 N–H and O–H groups in total. The van der Waals surface area contributed by atoms with Crippen LogP contribution in [0.2, 0.25) is 0 Å². The van der Waals surface area contributed by atoms with E-state index in [1.165, 1.54) is 38.5 Å². The maximum atomic E-state index is 12.8. The molecule has 356 valence electrons. The minimum atomic E-state index is -0.829. The van der Waals surface area contributed by atoms with Gasteiger partial charge >= 0.3 is 17.9 Å². The summed E-state index contributed by atoms with van der Waals surface area (Å²) in [5, 5.41) is 0. The predicted octanol–water partition coefficient (Wildman–Crippen LogP) is 16.5. The van der Waals surface area contributed by atoms with Gasteiger partial charge in [0.25, 0.3) is 0 Å². The zero-order chi connectivity index (χ0) is 46.5. The van der Waals surface area contributed by atoms with Gasteiger partial charge in [-0.3, -0.25) is 14.4 Å². The molecule has 0 fully saturated rings. The molecule has 1 atom stereocenters. The Morgan fingerprint density at radius 2 is 0.625 bits per heavy atom. The Kier molecular flexibility index (Phi) is 47.2. The highest BCUT2D eigenvalue weighted by Crippen LogP contribution is 2.13. The highest BCUT2D eigenvalue weighted by Gasteiger charge is 2.19. The molecule has 0 saturated carbocycles. The van der Waals surface area contributed by atoms with Crippen molar-refractivity contribution in [2.75, 3.05) is 13.2 Å². The summed E-state index contributed by atoms with van der Waals surface area (Å²) in [5.41, 5.74) is 0. The van der Waals surface area contributed by atoms with Crippen LogP contribution >= 0.6 is 0 Å². The van der Waals surface area contributed by atoms with Gasteiger partial charge in [0.15, 0.2) is 6.10 Å². The molecule has 0 spiro atoms. The van der Waals surface area contributed by atoms with E-state index in [-0.39, 0.29) is 44.0 Å². The van der Waals surface area contributed by atoms with E-state index in [1.54, 1.807) is 0 Å². The molecule has 0 aromatic rings. The molecule has 6 nitrogen and oxygen atoms in total. The SMILES string of the molecule is CC\C=C/C=C\C=C/C=C\C=C/CCCC(=O)OCC(COC(=O)CCCCCCC\C=C/C=C\C=C/C=C\CCCCC)OC(=O)CCCCCCCCC\C=C/C=C\C=C/CC. The average Bonchev–Trinajstić information content (AvgIpc) is 3.29. The minimum Gasteiger partial charge on any atom is -0.462 e. The van der Waals surface area contributed by atoms with Crippen molar-refractivity contribution in [1.82, 2.24) is 0 Å². The predicted molar refractivity (Wildman–Crippen MR) is 274 cm³/mol. The number of unbranched alkanes of at least 4 members (excludes halogenated alkanes) is 16. The molecule has 0 aliphatic heterocycles. The van der Waals surface area contributed by atoms with Crippen LogP contribution < -0.4 is 0 Å². The van der Waals surface area contributed by atoms with Crippen LogP contribution in [0.5, 0.6) is 0 Å². The zero-order valence-electron chi connectivity index (χ0n) is 40.5. The number of allylic oxidation sites excluding steroid dienone is 24. The summed E-state index contributed by atoms with van der Waals surface area (Å²) in [7, 11) is 0. The molecular weight excluding hydrogens is 793 g/mol. The average molecular weight is 881 g/mol. The Morgan fingerprint density at radius 3 is 1.02 bits per heavy atom. The number of carbonyl (C=O) groups excluding carboxylic acids is 3. The highest BCUT2D eigenvalue weighted by atomic mass is 16.6. The number of carbonyl (C=O) groups is 3. The van der Waals surface area contributed by atoms with E-state index in [0.717, 1.165) is 96.3 Å². The van der Waals surface area contributed by atoms with Crippen LogP contribution in [0, 0.1) is 0 Å². The van der Waals surface area contributed by atoms with Gasteiger partial charge in [0, 0.05) is 19.3 Å².